The van der Waals surface area contributed by atoms with Crippen LogP contribution in [0.2, 0.25) is 0 Å². The number of phosphoric acid groups is 1. The fourth-order valence-corrected chi connectivity index (χ4v) is 5.18. The molecule has 6 atom stereocenters. The van der Waals surface area contributed by atoms with E-state index in [1.165, 1.54) is 19.1 Å². The zero-order valence-corrected chi connectivity index (χ0v) is 23.6. The molecule has 1 aromatic carbocycles. The van der Waals surface area contributed by atoms with Crippen molar-refractivity contribution in [2.75, 3.05) is 13.3 Å². The summed E-state index contributed by atoms with van der Waals surface area (Å²) < 4.78 is 54.5. The number of benzene rings is 1. The van der Waals surface area contributed by atoms with Gasteiger partial charge < -0.3 is 24.9 Å². The van der Waals surface area contributed by atoms with Crippen LogP contribution in [0.1, 0.15) is 27.0 Å². The number of hydrogen-bond donors (Lipinski definition) is 2. The molecule has 18 heteroatoms. The maximum atomic E-state index is 13.7. The number of esters is 1. The number of aliphatic hydroxyl groups is 1. The average Bonchev–Trinajstić information content (AvgIpc) is 3.16. The summed E-state index contributed by atoms with van der Waals surface area (Å²) in [5.41, 5.74) is -0.993. The van der Waals surface area contributed by atoms with E-state index >= 15 is 0 Å². The van der Waals surface area contributed by atoms with E-state index < -0.39 is 68.3 Å². The highest BCUT2D eigenvalue weighted by molar-refractivity contribution is 7.49. The van der Waals surface area contributed by atoms with Crippen molar-refractivity contribution in [3.8, 4) is 17.6 Å². The van der Waals surface area contributed by atoms with Gasteiger partial charge in [0.1, 0.15) is 31.0 Å². The number of hydrogen-bond acceptors (Lipinski definition) is 13. The smallest absolute Gasteiger partial charge is 0.461 e. The van der Waals surface area contributed by atoms with E-state index in [-0.39, 0.29) is 11.7 Å². The lowest BCUT2D eigenvalue weighted by Gasteiger charge is -2.25. The van der Waals surface area contributed by atoms with Gasteiger partial charge in [-0.2, -0.15) is 9.97 Å². The van der Waals surface area contributed by atoms with Crippen LogP contribution in [0.5, 0.6) is 5.75 Å². The van der Waals surface area contributed by atoms with Crippen LogP contribution in [-0.4, -0.2) is 68.2 Å². The van der Waals surface area contributed by atoms with Gasteiger partial charge in [0.2, 0.25) is 0 Å². The normalized spacial score (nSPS) is 24.4. The molecule has 0 amide bonds. The Bertz CT molecular complexity index is 1410. The summed E-state index contributed by atoms with van der Waals surface area (Å²) in [4.78, 5) is 30.2. The number of alkyl halides is 2. The highest BCUT2D eigenvalue weighted by atomic mass is 35.5. The predicted octanol–water partition coefficient (Wildman–Crippen LogP) is 2.36. The molecule has 1 fully saturated rings. The predicted molar refractivity (Wildman–Crippen MR) is 140 cm³/mol. The van der Waals surface area contributed by atoms with Crippen molar-refractivity contribution in [2.45, 2.75) is 56.3 Å². The van der Waals surface area contributed by atoms with E-state index in [4.69, 9.17) is 40.5 Å². The lowest BCUT2D eigenvalue weighted by molar-refractivity contribution is -0.156. The number of aliphatic hydroxyl groups excluding tert-OH is 1. The minimum absolute atomic E-state index is 0.0740. The zero-order valence-electron chi connectivity index (χ0n) is 22.0. The van der Waals surface area contributed by atoms with Crippen molar-refractivity contribution < 1.29 is 41.9 Å². The Morgan fingerprint density at radius 2 is 2.07 bits per heavy atom. The minimum Gasteiger partial charge on any atom is -0.461 e. The molecule has 222 valence electrons. The summed E-state index contributed by atoms with van der Waals surface area (Å²) in [5.74, 6) is 8.25. The first-order valence-electron chi connectivity index (χ1n) is 11.9. The standard InChI is InChI=1S/C23H27ClFN6O9P/c1-14(2)37-19(33)15(3)39-41(35,40-16-8-5-4-6-9-16)36-12-17-18(32)23(24,10-7-11-25)20(38-17)31-13-27-21(29-30-26)28-22(31)34/h4-6,8-9,13-15,17-18,20,32H,11-12H2,1-3H3,(H2,26,28,29,34)/t15-,17+,18?,20+,23+,41?/m0/s1. The number of nitrogens with two attached hydrogens (primary N) is 1. The van der Waals surface area contributed by atoms with Gasteiger partial charge in [0.25, 0.3) is 5.95 Å². The van der Waals surface area contributed by atoms with Crippen molar-refractivity contribution >= 4 is 31.3 Å². The molecule has 3 N–H and O–H groups in total. The van der Waals surface area contributed by atoms with Crippen molar-refractivity contribution in [3.63, 3.8) is 0 Å². The molecule has 15 nitrogen and oxygen atoms in total. The summed E-state index contributed by atoms with van der Waals surface area (Å²) in [7, 11) is -4.61. The summed E-state index contributed by atoms with van der Waals surface area (Å²) in [5, 5.41) is 17.4. The summed E-state index contributed by atoms with van der Waals surface area (Å²) >= 11 is 6.58. The summed E-state index contributed by atoms with van der Waals surface area (Å²) in [6, 6.07) is 7.79. The molecule has 0 saturated carbocycles. The van der Waals surface area contributed by atoms with E-state index in [0.717, 1.165) is 10.9 Å². The van der Waals surface area contributed by atoms with Gasteiger partial charge in [0.15, 0.2) is 17.2 Å². The summed E-state index contributed by atoms with van der Waals surface area (Å²) in [6.07, 6.45) is -5.71. The monoisotopic (exact) mass is 616 g/mol. The summed E-state index contributed by atoms with van der Waals surface area (Å²) in [6.45, 7) is 2.67. The van der Waals surface area contributed by atoms with E-state index in [0.29, 0.717) is 0 Å². The quantitative estimate of drug-likeness (QED) is 0.0711. The van der Waals surface area contributed by atoms with Gasteiger partial charge in [-0.3, -0.25) is 13.6 Å². The molecule has 2 aromatic rings. The Morgan fingerprint density at radius 3 is 2.68 bits per heavy atom. The number of phosphoric ester groups is 1. The van der Waals surface area contributed by atoms with Crippen LogP contribution in [0.25, 0.3) is 0 Å². The Kier molecular flexibility index (Phi) is 10.9. The number of rotatable bonds is 11. The van der Waals surface area contributed by atoms with Crippen LogP contribution in [-0.2, 0) is 27.9 Å². The average molecular weight is 617 g/mol. The second-order valence-electron chi connectivity index (χ2n) is 8.62. The fourth-order valence-electron chi connectivity index (χ4n) is 3.47. The Morgan fingerprint density at radius 1 is 1.37 bits per heavy atom. The van der Waals surface area contributed by atoms with Crippen LogP contribution in [0.3, 0.4) is 0 Å². The first-order chi connectivity index (χ1) is 19.4. The third kappa shape index (κ3) is 8.07. The molecule has 0 spiro atoms. The third-order valence-corrected chi connectivity index (χ3v) is 7.21. The maximum absolute atomic E-state index is 13.7. The molecule has 2 unspecified atom stereocenters. The van der Waals surface area contributed by atoms with Gasteiger partial charge in [0.05, 0.1) is 12.7 Å². The van der Waals surface area contributed by atoms with E-state index in [1.54, 1.807) is 32.0 Å². The lowest BCUT2D eigenvalue weighted by atomic mass is 9.99. The number of carbonyl (C=O) groups is 1. The number of para-hydroxylation sites is 1. The largest absolute Gasteiger partial charge is 0.530 e. The van der Waals surface area contributed by atoms with Crippen molar-refractivity contribution in [1.82, 2.24) is 14.5 Å². The van der Waals surface area contributed by atoms with E-state index in [1.807, 2.05) is 0 Å². The Balaban J connectivity index is 1.89. The topological polar surface area (TPSA) is 199 Å². The van der Waals surface area contributed by atoms with Gasteiger partial charge in [-0.15, -0.1) is 0 Å². The zero-order chi connectivity index (χ0) is 30.2. The molecule has 1 saturated heterocycles. The van der Waals surface area contributed by atoms with Crippen LogP contribution in [0.15, 0.2) is 51.8 Å². The van der Waals surface area contributed by atoms with Gasteiger partial charge in [0, 0.05) is 0 Å². The van der Waals surface area contributed by atoms with Gasteiger partial charge in [-0.25, -0.2) is 18.5 Å². The number of halogens is 2. The first kappa shape index (κ1) is 32.1. The lowest BCUT2D eigenvalue weighted by Crippen LogP contribution is -2.43. The van der Waals surface area contributed by atoms with Crippen molar-refractivity contribution in [3.05, 3.63) is 47.1 Å². The number of aromatic nitrogens is 3. The Labute approximate surface area is 238 Å². The molecule has 1 aromatic heterocycles. The molecule has 1 aliphatic rings. The molecule has 1 aliphatic heterocycles. The highest BCUT2D eigenvalue weighted by Crippen LogP contribution is 2.52. The van der Waals surface area contributed by atoms with Gasteiger partial charge >= 0.3 is 19.5 Å². The van der Waals surface area contributed by atoms with Gasteiger partial charge in [-0.1, -0.05) is 52.0 Å². The van der Waals surface area contributed by atoms with E-state index in [2.05, 4.69) is 32.1 Å². The maximum Gasteiger partial charge on any atom is 0.530 e. The fraction of sp³-hybridized carbons (Fsp3) is 0.478. The molecule has 0 bridgehead atoms. The Hall–Kier alpha value is -3.45. The second-order valence-corrected chi connectivity index (χ2v) is 10.8. The van der Waals surface area contributed by atoms with Crippen LogP contribution in [0.4, 0.5) is 10.3 Å². The van der Waals surface area contributed by atoms with Crippen LogP contribution >= 0.6 is 19.4 Å². The molecular weight excluding hydrogens is 590 g/mol. The van der Waals surface area contributed by atoms with Gasteiger partial charge in [-0.05, 0) is 32.9 Å². The number of ether oxygens (including phenoxy) is 2. The SMILES string of the molecule is CC(C)OC(=O)[C@H](C)OP(=O)(OC[C@H]1O[C@@H](n2cnc(N=NN)nc2=O)[C@@](Cl)(C#CCF)C1O)Oc1ccccc1. The molecule has 0 aliphatic carbocycles. The van der Waals surface area contributed by atoms with E-state index in [9.17, 15) is 23.7 Å². The van der Waals surface area contributed by atoms with Crippen molar-refractivity contribution in [1.29, 1.82) is 0 Å². The molecule has 3 rings (SSSR count). The van der Waals surface area contributed by atoms with Crippen LogP contribution in [0, 0.1) is 11.8 Å². The minimum atomic E-state index is -4.61. The molecular formula is C23H27ClFN6O9P. The van der Waals surface area contributed by atoms with Crippen molar-refractivity contribution in [2.24, 2.45) is 16.2 Å². The highest BCUT2D eigenvalue weighted by Gasteiger charge is 2.57. The first-order valence-corrected chi connectivity index (χ1v) is 13.8. The molecule has 0 radical (unpaired) electrons. The second kappa shape index (κ2) is 13.9. The third-order valence-electron chi connectivity index (χ3n) is 5.23. The number of nitrogens with zero attached hydrogens (tertiary/aromatic N) is 5. The molecule has 2 heterocycles. The van der Waals surface area contributed by atoms with Crippen LogP contribution < -0.4 is 16.1 Å². The number of carbonyl (C=O) groups excluding carboxylic acids is 1. The molecule has 41 heavy (non-hydrogen) atoms.